The second-order valence-corrected chi connectivity index (χ2v) is 6.77. The number of nitrogens with zero attached hydrogens (tertiary/aromatic N) is 3. The van der Waals surface area contributed by atoms with Crippen LogP contribution in [0, 0.1) is 17.8 Å². The molecule has 102 valence electrons. The molecule has 4 aliphatic rings. The lowest BCUT2D eigenvalue weighted by Gasteiger charge is -2.56. The largest absolute Gasteiger partial charge is 0.366 e. The molecule has 0 amide bonds. The Morgan fingerprint density at radius 3 is 2.16 bits per heavy atom. The molecular weight excluding hydrogens is 242 g/mol. The van der Waals surface area contributed by atoms with Gasteiger partial charge < -0.3 is 11.6 Å². The minimum absolute atomic E-state index is 0.0153. The molecule has 0 aromatic carbocycles. The van der Waals surface area contributed by atoms with E-state index in [9.17, 15) is 4.79 Å². The van der Waals surface area contributed by atoms with Gasteiger partial charge in [0.25, 0.3) is 5.56 Å². The van der Waals surface area contributed by atoms with E-state index in [1.54, 1.807) is 0 Å². The Labute approximate surface area is 111 Å². The molecular formula is C13H19N5O. The first-order valence-electron chi connectivity index (χ1n) is 7.08. The third-order valence-corrected chi connectivity index (χ3v) is 5.40. The molecule has 0 radical (unpaired) electrons. The number of hydrogen-bond acceptors (Lipinski definition) is 5. The van der Waals surface area contributed by atoms with E-state index in [1.165, 1.54) is 19.3 Å². The van der Waals surface area contributed by atoms with Crippen molar-refractivity contribution in [3.8, 4) is 0 Å². The Bertz CT molecular complexity index is 558. The van der Waals surface area contributed by atoms with Crippen LogP contribution < -0.4 is 17.1 Å². The van der Waals surface area contributed by atoms with Crippen LogP contribution in [-0.2, 0) is 5.41 Å². The highest BCUT2D eigenvalue weighted by Crippen LogP contribution is 2.59. The summed E-state index contributed by atoms with van der Waals surface area (Å²) in [7, 11) is 0. The molecule has 4 aliphatic carbocycles. The minimum Gasteiger partial charge on any atom is -0.366 e. The summed E-state index contributed by atoms with van der Waals surface area (Å²) in [5, 5.41) is 4.26. The van der Waals surface area contributed by atoms with Gasteiger partial charge in [0.2, 0.25) is 5.95 Å². The van der Waals surface area contributed by atoms with Crippen molar-refractivity contribution in [3.05, 3.63) is 16.0 Å². The summed E-state index contributed by atoms with van der Waals surface area (Å²) in [4.78, 5) is 17.1. The second-order valence-electron chi connectivity index (χ2n) is 6.77. The van der Waals surface area contributed by atoms with Gasteiger partial charge in [0.05, 0.1) is 0 Å². The summed E-state index contributed by atoms with van der Waals surface area (Å²) in [6.07, 6.45) is 7.22. The van der Waals surface area contributed by atoms with Gasteiger partial charge in [0.1, 0.15) is 5.69 Å². The first-order chi connectivity index (χ1) is 9.06. The lowest BCUT2D eigenvalue weighted by molar-refractivity contribution is -0.00861. The quantitative estimate of drug-likeness (QED) is 0.713. The summed E-state index contributed by atoms with van der Waals surface area (Å²) in [6, 6.07) is 0. The molecule has 0 unspecified atom stereocenters. The highest BCUT2D eigenvalue weighted by molar-refractivity contribution is 5.23. The van der Waals surface area contributed by atoms with Crippen LogP contribution in [0.1, 0.15) is 44.2 Å². The molecule has 0 aliphatic heterocycles. The van der Waals surface area contributed by atoms with Gasteiger partial charge in [-0.05, 0) is 56.3 Å². The number of aromatic nitrogens is 3. The second kappa shape index (κ2) is 3.49. The Kier molecular flexibility index (Phi) is 2.07. The number of anilines is 1. The van der Waals surface area contributed by atoms with E-state index in [2.05, 4.69) is 10.1 Å². The molecule has 4 fully saturated rings. The van der Waals surface area contributed by atoms with Crippen molar-refractivity contribution < 1.29 is 0 Å². The van der Waals surface area contributed by atoms with Crippen LogP contribution >= 0.6 is 0 Å². The van der Waals surface area contributed by atoms with Gasteiger partial charge in [-0.3, -0.25) is 4.79 Å². The average Bonchev–Trinajstić information content (AvgIpc) is 2.32. The lowest BCUT2D eigenvalue weighted by Crippen LogP contribution is -2.51. The molecule has 1 aromatic rings. The molecule has 5 rings (SSSR count). The summed E-state index contributed by atoms with van der Waals surface area (Å²) < 4.78 is 0. The number of nitrogens with two attached hydrogens (primary N) is 2. The van der Waals surface area contributed by atoms with E-state index >= 15 is 0 Å². The molecule has 4 bridgehead atoms. The van der Waals surface area contributed by atoms with E-state index in [0.717, 1.165) is 41.8 Å². The lowest BCUT2D eigenvalue weighted by atomic mass is 9.49. The van der Waals surface area contributed by atoms with Gasteiger partial charge in [-0.1, -0.05) is 0 Å². The van der Waals surface area contributed by atoms with Crippen LogP contribution in [0.15, 0.2) is 4.79 Å². The maximum atomic E-state index is 12.2. The fraction of sp³-hybridized carbons (Fsp3) is 0.769. The highest BCUT2D eigenvalue weighted by atomic mass is 16.1. The zero-order chi connectivity index (χ0) is 13.2. The van der Waals surface area contributed by atoms with E-state index in [0.29, 0.717) is 5.69 Å². The zero-order valence-corrected chi connectivity index (χ0v) is 10.9. The standard InChI is InChI=1S/C13H19N5O/c14-12-16-11(19)10(17-18(12)15)13-4-7-1-8(5-13)3-9(2-7)6-13/h7-9H,1-6,15H2,(H2,14,16,19). The van der Waals surface area contributed by atoms with E-state index in [4.69, 9.17) is 11.6 Å². The Balaban J connectivity index is 1.84. The fourth-order valence-electron chi connectivity index (χ4n) is 5.14. The molecule has 6 nitrogen and oxygen atoms in total. The van der Waals surface area contributed by atoms with Crippen molar-refractivity contribution in [2.75, 3.05) is 11.6 Å². The summed E-state index contributed by atoms with van der Waals surface area (Å²) in [5.41, 5.74) is 5.75. The van der Waals surface area contributed by atoms with E-state index in [-0.39, 0.29) is 16.9 Å². The molecule has 0 spiro atoms. The molecule has 4 saturated carbocycles. The Morgan fingerprint density at radius 1 is 1.11 bits per heavy atom. The van der Waals surface area contributed by atoms with Crippen molar-refractivity contribution in [2.24, 2.45) is 17.8 Å². The van der Waals surface area contributed by atoms with Crippen molar-refractivity contribution in [1.29, 1.82) is 0 Å². The normalized spacial score (nSPS) is 39.7. The maximum absolute atomic E-state index is 12.2. The van der Waals surface area contributed by atoms with Gasteiger partial charge in [-0.2, -0.15) is 4.98 Å². The average molecular weight is 261 g/mol. The van der Waals surface area contributed by atoms with Gasteiger partial charge in [-0.15, -0.1) is 9.89 Å². The smallest absolute Gasteiger partial charge is 0.297 e. The highest BCUT2D eigenvalue weighted by Gasteiger charge is 2.53. The number of nitrogen functional groups attached to an aromatic ring is 2. The molecule has 6 heteroatoms. The van der Waals surface area contributed by atoms with Crippen molar-refractivity contribution >= 4 is 5.95 Å². The monoisotopic (exact) mass is 261 g/mol. The van der Waals surface area contributed by atoms with Crippen LogP contribution in [0.3, 0.4) is 0 Å². The Morgan fingerprint density at radius 2 is 1.63 bits per heavy atom. The zero-order valence-electron chi connectivity index (χ0n) is 10.9. The SMILES string of the molecule is Nc1nc(=O)c(C23CC4CC(CC(C4)C2)C3)nn1N. The molecule has 19 heavy (non-hydrogen) atoms. The molecule has 0 saturated heterocycles. The summed E-state index contributed by atoms with van der Waals surface area (Å²) >= 11 is 0. The van der Waals surface area contributed by atoms with Crippen LogP contribution in [0.5, 0.6) is 0 Å². The van der Waals surface area contributed by atoms with E-state index in [1.807, 2.05) is 0 Å². The molecule has 1 heterocycles. The minimum atomic E-state index is -0.277. The van der Waals surface area contributed by atoms with Crippen molar-refractivity contribution in [2.45, 2.75) is 43.9 Å². The van der Waals surface area contributed by atoms with Crippen molar-refractivity contribution in [1.82, 2.24) is 14.9 Å². The summed E-state index contributed by atoms with van der Waals surface area (Å²) in [6.45, 7) is 0. The van der Waals surface area contributed by atoms with Gasteiger partial charge in [-0.25, -0.2) is 0 Å². The summed E-state index contributed by atoms with van der Waals surface area (Å²) in [5.74, 6) is 7.95. The van der Waals surface area contributed by atoms with Crippen LogP contribution in [0.2, 0.25) is 0 Å². The molecule has 0 atom stereocenters. The number of rotatable bonds is 1. The van der Waals surface area contributed by atoms with Crippen LogP contribution in [0.25, 0.3) is 0 Å². The first kappa shape index (κ1) is 11.3. The maximum Gasteiger partial charge on any atom is 0.297 e. The van der Waals surface area contributed by atoms with E-state index < -0.39 is 0 Å². The Hall–Kier alpha value is -1.59. The van der Waals surface area contributed by atoms with Crippen LogP contribution in [-0.4, -0.2) is 14.9 Å². The molecule has 1 aromatic heterocycles. The van der Waals surface area contributed by atoms with Crippen LogP contribution in [0.4, 0.5) is 5.95 Å². The number of hydrogen-bond donors (Lipinski definition) is 2. The predicted molar refractivity (Wildman–Crippen MR) is 70.7 cm³/mol. The fourth-order valence-corrected chi connectivity index (χ4v) is 5.14. The topological polar surface area (TPSA) is 99.8 Å². The van der Waals surface area contributed by atoms with Gasteiger partial charge in [0, 0.05) is 5.41 Å². The third-order valence-electron chi connectivity index (χ3n) is 5.40. The van der Waals surface area contributed by atoms with Gasteiger partial charge in [0.15, 0.2) is 0 Å². The predicted octanol–water partition coefficient (Wildman–Crippen LogP) is 0.402. The third kappa shape index (κ3) is 1.52. The molecule has 4 N–H and O–H groups in total. The first-order valence-corrected chi connectivity index (χ1v) is 7.08. The van der Waals surface area contributed by atoms with Gasteiger partial charge >= 0.3 is 0 Å². The van der Waals surface area contributed by atoms with Crippen molar-refractivity contribution in [3.63, 3.8) is 0 Å².